The van der Waals surface area contributed by atoms with Crippen molar-refractivity contribution < 1.29 is 0 Å². The van der Waals surface area contributed by atoms with Crippen molar-refractivity contribution in [2.45, 2.75) is 63.8 Å². The standard InChI is InChI=1S/C12H21N/c1-3-7-11(8-4-1)13-12-9-5-2-6-10-12/h7,12-13H,1-6,8-10H2. The number of hydrogen-bond acceptors (Lipinski definition) is 1. The van der Waals surface area contributed by atoms with Crippen LogP contribution in [-0.4, -0.2) is 6.04 Å². The van der Waals surface area contributed by atoms with E-state index in [0.717, 1.165) is 6.04 Å². The first-order chi connectivity index (χ1) is 6.45. The molecule has 0 saturated heterocycles. The fraction of sp³-hybridized carbons (Fsp3) is 0.833. The molecule has 0 bridgehead atoms. The van der Waals surface area contributed by atoms with Crippen LogP contribution in [0.25, 0.3) is 0 Å². The van der Waals surface area contributed by atoms with Crippen LogP contribution in [0.3, 0.4) is 0 Å². The fourth-order valence-electron chi connectivity index (χ4n) is 2.48. The van der Waals surface area contributed by atoms with Gasteiger partial charge in [0.1, 0.15) is 0 Å². The molecule has 74 valence electrons. The van der Waals surface area contributed by atoms with Gasteiger partial charge in [-0.3, -0.25) is 0 Å². The molecular weight excluding hydrogens is 158 g/mol. The summed E-state index contributed by atoms with van der Waals surface area (Å²) >= 11 is 0. The van der Waals surface area contributed by atoms with Crippen molar-refractivity contribution in [3.05, 3.63) is 11.8 Å². The zero-order chi connectivity index (χ0) is 8.93. The van der Waals surface area contributed by atoms with E-state index in [1.54, 1.807) is 0 Å². The van der Waals surface area contributed by atoms with Crippen molar-refractivity contribution in [2.75, 3.05) is 0 Å². The Bertz CT molecular complexity index is 178. The van der Waals surface area contributed by atoms with Crippen molar-refractivity contribution in [3.63, 3.8) is 0 Å². The average molecular weight is 179 g/mol. The monoisotopic (exact) mass is 179 g/mol. The van der Waals surface area contributed by atoms with Crippen molar-refractivity contribution in [2.24, 2.45) is 0 Å². The summed E-state index contributed by atoms with van der Waals surface area (Å²) < 4.78 is 0. The van der Waals surface area contributed by atoms with Crippen molar-refractivity contribution in [1.29, 1.82) is 0 Å². The molecule has 0 unspecified atom stereocenters. The molecule has 0 heterocycles. The molecule has 0 atom stereocenters. The second-order valence-electron chi connectivity index (χ2n) is 4.45. The molecule has 0 aromatic carbocycles. The Balaban J connectivity index is 1.78. The highest BCUT2D eigenvalue weighted by Gasteiger charge is 2.14. The van der Waals surface area contributed by atoms with Crippen molar-refractivity contribution >= 4 is 0 Å². The molecule has 1 heteroatoms. The lowest BCUT2D eigenvalue weighted by atomic mass is 9.94. The van der Waals surface area contributed by atoms with Crippen LogP contribution in [0.15, 0.2) is 11.8 Å². The van der Waals surface area contributed by atoms with Gasteiger partial charge in [-0.05, 0) is 38.5 Å². The molecule has 1 fully saturated rings. The Morgan fingerprint density at radius 1 is 1.00 bits per heavy atom. The molecular formula is C12H21N. The molecule has 1 nitrogen and oxygen atoms in total. The van der Waals surface area contributed by atoms with E-state index in [2.05, 4.69) is 11.4 Å². The average Bonchev–Trinajstić information content (AvgIpc) is 2.21. The van der Waals surface area contributed by atoms with Gasteiger partial charge < -0.3 is 5.32 Å². The highest BCUT2D eigenvalue weighted by atomic mass is 14.9. The zero-order valence-electron chi connectivity index (χ0n) is 8.52. The van der Waals surface area contributed by atoms with Gasteiger partial charge in [-0.1, -0.05) is 25.3 Å². The topological polar surface area (TPSA) is 12.0 Å². The lowest BCUT2D eigenvalue weighted by molar-refractivity contribution is 0.389. The van der Waals surface area contributed by atoms with Crippen LogP contribution in [0.1, 0.15) is 57.8 Å². The largest absolute Gasteiger partial charge is 0.386 e. The lowest BCUT2D eigenvalue weighted by Crippen LogP contribution is -2.30. The third-order valence-electron chi connectivity index (χ3n) is 3.29. The third-order valence-corrected chi connectivity index (χ3v) is 3.29. The normalized spacial score (nSPS) is 25.4. The van der Waals surface area contributed by atoms with Crippen LogP contribution in [0, 0.1) is 0 Å². The maximum atomic E-state index is 3.72. The lowest BCUT2D eigenvalue weighted by Gasteiger charge is -2.26. The minimum atomic E-state index is 0.804. The third kappa shape index (κ3) is 2.75. The maximum Gasteiger partial charge on any atom is 0.0258 e. The van der Waals surface area contributed by atoms with Gasteiger partial charge in [0, 0.05) is 11.7 Å². The number of hydrogen-bond donors (Lipinski definition) is 1. The van der Waals surface area contributed by atoms with Crippen molar-refractivity contribution in [1.82, 2.24) is 5.32 Å². The molecule has 1 saturated carbocycles. The Labute approximate surface area is 81.6 Å². The SMILES string of the molecule is C1=C(NC2CCCCC2)CCCC1. The summed E-state index contributed by atoms with van der Waals surface area (Å²) in [5.74, 6) is 0. The van der Waals surface area contributed by atoms with Crippen LogP contribution in [0.2, 0.25) is 0 Å². The molecule has 0 aromatic heterocycles. The van der Waals surface area contributed by atoms with E-state index in [1.807, 2.05) is 0 Å². The Morgan fingerprint density at radius 3 is 2.54 bits per heavy atom. The van der Waals surface area contributed by atoms with Gasteiger partial charge in [-0.25, -0.2) is 0 Å². The van der Waals surface area contributed by atoms with E-state index < -0.39 is 0 Å². The number of allylic oxidation sites excluding steroid dienone is 2. The van der Waals surface area contributed by atoms with Gasteiger partial charge in [-0.15, -0.1) is 0 Å². The number of nitrogens with one attached hydrogen (secondary N) is 1. The molecule has 0 aromatic rings. The van der Waals surface area contributed by atoms with Gasteiger partial charge in [0.2, 0.25) is 0 Å². The van der Waals surface area contributed by atoms with E-state index in [0.29, 0.717) is 0 Å². The number of rotatable bonds is 2. The second kappa shape index (κ2) is 4.69. The van der Waals surface area contributed by atoms with Gasteiger partial charge >= 0.3 is 0 Å². The second-order valence-corrected chi connectivity index (χ2v) is 4.45. The van der Waals surface area contributed by atoms with Crippen LogP contribution in [0.5, 0.6) is 0 Å². The first-order valence-electron chi connectivity index (χ1n) is 5.91. The predicted octanol–water partition coefficient (Wildman–Crippen LogP) is 3.37. The minimum Gasteiger partial charge on any atom is -0.386 e. The Morgan fingerprint density at radius 2 is 1.85 bits per heavy atom. The molecule has 0 aliphatic heterocycles. The molecule has 2 rings (SSSR count). The molecule has 0 radical (unpaired) electrons. The van der Waals surface area contributed by atoms with E-state index in [-0.39, 0.29) is 0 Å². The van der Waals surface area contributed by atoms with Gasteiger partial charge in [-0.2, -0.15) is 0 Å². The summed E-state index contributed by atoms with van der Waals surface area (Å²) in [5.41, 5.74) is 1.54. The Kier molecular flexibility index (Phi) is 3.28. The fourth-order valence-corrected chi connectivity index (χ4v) is 2.48. The summed E-state index contributed by atoms with van der Waals surface area (Å²) in [6, 6.07) is 0.804. The van der Waals surface area contributed by atoms with Crippen LogP contribution >= 0.6 is 0 Å². The molecule has 13 heavy (non-hydrogen) atoms. The quantitative estimate of drug-likeness (QED) is 0.685. The maximum absolute atomic E-state index is 3.72. The van der Waals surface area contributed by atoms with Crippen LogP contribution in [0.4, 0.5) is 0 Å². The van der Waals surface area contributed by atoms with E-state index >= 15 is 0 Å². The highest BCUT2D eigenvalue weighted by molar-refractivity contribution is 5.04. The predicted molar refractivity (Wildman–Crippen MR) is 56.6 cm³/mol. The van der Waals surface area contributed by atoms with Gasteiger partial charge in [0.15, 0.2) is 0 Å². The molecule has 2 aliphatic rings. The first-order valence-corrected chi connectivity index (χ1v) is 5.91. The smallest absolute Gasteiger partial charge is 0.0258 e. The highest BCUT2D eigenvalue weighted by Crippen LogP contribution is 2.21. The van der Waals surface area contributed by atoms with E-state index in [4.69, 9.17) is 0 Å². The van der Waals surface area contributed by atoms with E-state index in [1.165, 1.54) is 63.5 Å². The zero-order valence-corrected chi connectivity index (χ0v) is 8.52. The van der Waals surface area contributed by atoms with Crippen LogP contribution < -0.4 is 5.32 Å². The summed E-state index contributed by atoms with van der Waals surface area (Å²) in [6.07, 6.45) is 14.9. The molecule has 0 spiro atoms. The summed E-state index contributed by atoms with van der Waals surface area (Å²) in [5, 5.41) is 3.72. The molecule has 0 amide bonds. The van der Waals surface area contributed by atoms with Crippen molar-refractivity contribution in [3.8, 4) is 0 Å². The minimum absolute atomic E-state index is 0.804. The van der Waals surface area contributed by atoms with Gasteiger partial charge in [0.25, 0.3) is 0 Å². The summed E-state index contributed by atoms with van der Waals surface area (Å²) in [6.45, 7) is 0. The summed E-state index contributed by atoms with van der Waals surface area (Å²) in [4.78, 5) is 0. The van der Waals surface area contributed by atoms with Crippen LogP contribution in [-0.2, 0) is 0 Å². The molecule has 2 aliphatic carbocycles. The Hall–Kier alpha value is -0.460. The summed E-state index contributed by atoms with van der Waals surface area (Å²) in [7, 11) is 0. The first kappa shape index (κ1) is 9.11. The van der Waals surface area contributed by atoms with Gasteiger partial charge in [0.05, 0.1) is 0 Å². The molecule has 1 N–H and O–H groups in total. The van der Waals surface area contributed by atoms with E-state index in [9.17, 15) is 0 Å².